The highest BCUT2D eigenvalue weighted by molar-refractivity contribution is 6.58. The van der Waals surface area contributed by atoms with E-state index in [-0.39, 0.29) is 0 Å². The molecular formula is C6H11BN2O2. The second kappa shape index (κ2) is 3.55. The molecule has 0 aliphatic heterocycles. The lowest BCUT2D eigenvalue weighted by Gasteiger charge is -1.94. The summed E-state index contributed by atoms with van der Waals surface area (Å²) in [6.45, 7) is 2.85. The minimum atomic E-state index is -1.40. The van der Waals surface area contributed by atoms with Gasteiger partial charge in [0, 0.05) is 24.4 Å². The Morgan fingerprint density at radius 2 is 2.36 bits per heavy atom. The van der Waals surface area contributed by atoms with E-state index in [0.29, 0.717) is 5.46 Å². The van der Waals surface area contributed by atoms with Crippen LogP contribution in [-0.4, -0.2) is 26.9 Å². The summed E-state index contributed by atoms with van der Waals surface area (Å²) in [4.78, 5) is 0. The van der Waals surface area contributed by atoms with E-state index in [0.717, 1.165) is 13.0 Å². The van der Waals surface area contributed by atoms with Gasteiger partial charge in [-0.05, 0) is 6.42 Å². The largest absolute Gasteiger partial charge is 0.491 e. The molecule has 0 saturated heterocycles. The van der Waals surface area contributed by atoms with Gasteiger partial charge in [0.15, 0.2) is 0 Å². The van der Waals surface area contributed by atoms with Crippen molar-refractivity contribution in [3.63, 3.8) is 0 Å². The zero-order valence-electron chi connectivity index (χ0n) is 6.44. The Bertz CT molecular complexity index is 224. The van der Waals surface area contributed by atoms with Gasteiger partial charge in [-0.1, -0.05) is 6.92 Å². The van der Waals surface area contributed by atoms with E-state index in [4.69, 9.17) is 10.0 Å². The Kier molecular flexibility index (Phi) is 2.67. The third kappa shape index (κ3) is 2.06. The van der Waals surface area contributed by atoms with Gasteiger partial charge >= 0.3 is 7.12 Å². The summed E-state index contributed by atoms with van der Waals surface area (Å²) in [5.74, 6) is 0. The van der Waals surface area contributed by atoms with Gasteiger partial charge in [-0.15, -0.1) is 0 Å². The molecule has 0 aromatic carbocycles. The lowest BCUT2D eigenvalue weighted by atomic mass is 9.83. The third-order valence-corrected chi connectivity index (χ3v) is 1.40. The number of hydrogen-bond acceptors (Lipinski definition) is 3. The zero-order chi connectivity index (χ0) is 8.27. The van der Waals surface area contributed by atoms with E-state index in [1.54, 1.807) is 10.9 Å². The van der Waals surface area contributed by atoms with E-state index in [2.05, 4.69) is 5.10 Å². The standard InChI is InChI=1S/C6H11BN2O2/c1-2-3-9-5-6(4-8-9)7(10)11/h4-5,10-11H,2-3H2,1H3. The smallest absolute Gasteiger partial charge is 0.423 e. The Morgan fingerprint density at radius 3 is 2.82 bits per heavy atom. The molecule has 0 aliphatic rings. The fraction of sp³-hybridized carbons (Fsp3) is 0.500. The van der Waals surface area contributed by atoms with E-state index in [1.807, 2.05) is 6.92 Å². The molecule has 0 fully saturated rings. The molecule has 4 nitrogen and oxygen atoms in total. The van der Waals surface area contributed by atoms with Crippen molar-refractivity contribution >= 4 is 12.6 Å². The second-order valence-electron chi connectivity index (χ2n) is 2.41. The summed E-state index contributed by atoms with van der Waals surface area (Å²) in [5.41, 5.74) is 0.443. The third-order valence-electron chi connectivity index (χ3n) is 1.40. The number of nitrogens with zero attached hydrogens (tertiary/aromatic N) is 2. The van der Waals surface area contributed by atoms with Crippen LogP contribution in [0.1, 0.15) is 13.3 Å². The molecule has 1 heterocycles. The normalized spacial score (nSPS) is 10.1. The Morgan fingerprint density at radius 1 is 1.64 bits per heavy atom. The second-order valence-corrected chi connectivity index (χ2v) is 2.41. The molecule has 1 aromatic heterocycles. The van der Waals surface area contributed by atoms with Crippen molar-refractivity contribution in [3.05, 3.63) is 12.4 Å². The van der Waals surface area contributed by atoms with Gasteiger partial charge in [-0.2, -0.15) is 5.10 Å². The summed E-state index contributed by atoms with van der Waals surface area (Å²) >= 11 is 0. The van der Waals surface area contributed by atoms with Crippen LogP contribution >= 0.6 is 0 Å². The number of aryl methyl sites for hydroxylation is 1. The molecule has 11 heavy (non-hydrogen) atoms. The first-order valence-electron chi connectivity index (χ1n) is 3.62. The van der Waals surface area contributed by atoms with Crippen molar-refractivity contribution in [2.24, 2.45) is 0 Å². The molecule has 0 amide bonds. The molecule has 5 heteroatoms. The van der Waals surface area contributed by atoms with Gasteiger partial charge in [0.1, 0.15) is 0 Å². The quantitative estimate of drug-likeness (QED) is 0.547. The van der Waals surface area contributed by atoms with Gasteiger partial charge in [-0.3, -0.25) is 4.68 Å². The van der Waals surface area contributed by atoms with E-state index >= 15 is 0 Å². The first-order valence-corrected chi connectivity index (χ1v) is 3.62. The van der Waals surface area contributed by atoms with Crippen LogP contribution in [0.4, 0.5) is 0 Å². The maximum absolute atomic E-state index is 8.71. The van der Waals surface area contributed by atoms with Crippen LogP contribution in [-0.2, 0) is 6.54 Å². The van der Waals surface area contributed by atoms with Crippen LogP contribution in [0, 0.1) is 0 Å². The van der Waals surface area contributed by atoms with E-state index in [9.17, 15) is 0 Å². The number of rotatable bonds is 3. The summed E-state index contributed by atoms with van der Waals surface area (Å²) in [7, 11) is -1.40. The van der Waals surface area contributed by atoms with Gasteiger partial charge in [0.25, 0.3) is 0 Å². The minimum Gasteiger partial charge on any atom is -0.423 e. The summed E-state index contributed by atoms with van der Waals surface area (Å²) in [6.07, 6.45) is 4.08. The molecule has 1 rings (SSSR count). The lowest BCUT2D eigenvalue weighted by Crippen LogP contribution is -2.28. The molecule has 2 N–H and O–H groups in total. The monoisotopic (exact) mass is 154 g/mol. The Hall–Kier alpha value is -0.805. The lowest BCUT2D eigenvalue weighted by molar-refractivity contribution is 0.425. The van der Waals surface area contributed by atoms with Crippen molar-refractivity contribution < 1.29 is 10.0 Å². The molecular weight excluding hydrogens is 143 g/mol. The zero-order valence-corrected chi connectivity index (χ0v) is 6.44. The molecule has 0 saturated carbocycles. The van der Waals surface area contributed by atoms with Crippen LogP contribution in [0.3, 0.4) is 0 Å². The van der Waals surface area contributed by atoms with E-state index < -0.39 is 7.12 Å². The summed E-state index contributed by atoms with van der Waals surface area (Å²) in [5, 5.41) is 21.3. The number of aromatic nitrogens is 2. The Labute approximate surface area is 65.6 Å². The summed E-state index contributed by atoms with van der Waals surface area (Å²) < 4.78 is 1.69. The van der Waals surface area contributed by atoms with Crippen LogP contribution in [0.5, 0.6) is 0 Å². The molecule has 0 spiro atoms. The van der Waals surface area contributed by atoms with Crippen LogP contribution in [0.25, 0.3) is 0 Å². The maximum Gasteiger partial charge on any atom is 0.491 e. The fourth-order valence-electron chi connectivity index (χ4n) is 0.864. The van der Waals surface area contributed by atoms with Crippen molar-refractivity contribution in [1.82, 2.24) is 9.78 Å². The molecule has 0 radical (unpaired) electrons. The van der Waals surface area contributed by atoms with Crippen LogP contribution in [0.2, 0.25) is 0 Å². The highest BCUT2D eigenvalue weighted by atomic mass is 16.4. The molecule has 0 aliphatic carbocycles. The SMILES string of the molecule is CCCn1cc(B(O)O)cn1. The van der Waals surface area contributed by atoms with Crippen LogP contribution < -0.4 is 5.46 Å². The van der Waals surface area contributed by atoms with Gasteiger partial charge in [0.2, 0.25) is 0 Å². The average Bonchev–Trinajstić information content (AvgIpc) is 2.37. The van der Waals surface area contributed by atoms with E-state index in [1.165, 1.54) is 6.20 Å². The van der Waals surface area contributed by atoms with Crippen molar-refractivity contribution in [3.8, 4) is 0 Å². The molecule has 1 aromatic rings. The topological polar surface area (TPSA) is 58.3 Å². The highest BCUT2D eigenvalue weighted by Crippen LogP contribution is 1.86. The maximum atomic E-state index is 8.71. The molecule has 0 atom stereocenters. The van der Waals surface area contributed by atoms with Crippen molar-refractivity contribution in [2.45, 2.75) is 19.9 Å². The minimum absolute atomic E-state index is 0.443. The highest BCUT2D eigenvalue weighted by Gasteiger charge is 2.12. The molecule has 0 bridgehead atoms. The van der Waals surface area contributed by atoms with Gasteiger partial charge < -0.3 is 10.0 Å². The molecule has 60 valence electrons. The predicted octanol–water partition coefficient (Wildman–Crippen LogP) is -1.03. The Balaban J connectivity index is 2.66. The predicted molar refractivity (Wildman–Crippen MR) is 42.3 cm³/mol. The van der Waals surface area contributed by atoms with Crippen molar-refractivity contribution in [1.29, 1.82) is 0 Å². The van der Waals surface area contributed by atoms with Gasteiger partial charge in [0.05, 0.1) is 0 Å². The van der Waals surface area contributed by atoms with Gasteiger partial charge in [-0.25, -0.2) is 0 Å². The van der Waals surface area contributed by atoms with Crippen LogP contribution in [0.15, 0.2) is 12.4 Å². The first kappa shape index (κ1) is 8.29. The van der Waals surface area contributed by atoms with Crippen molar-refractivity contribution in [2.75, 3.05) is 0 Å². The number of hydrogen-bond donors (Lipinski definition) is 2. The first-order chi connectivity index (χ1) is 5.24. The average molecular weight is 154 g/mol. The molecule has 0 unspecified atom stereocenters. The summed E-state index contributed by atoms with van der Waals surface area (Å²) in [6, 6.07) is 0. The fourth-order valence-corrected chi connectivity index (χ4v) is 0.864.